The van der Waals surface area contributed by atoms with Crippen molar-refractivity contribution in [2.45, 2.75) is 71.6 Å². The highest BCUT2D eigenvalue weighted by Gasteiger charge is 2.30. The van der Waals surface area contributed by atoms with Crippen molar-refractivity contribution in [2.24, 2.45) is 0 Å². The summed E-state index contributed by atoms with van der Waals surface area (Å²) in [6.07, 6.45) is 4.66. The van der Waals surface area contributed by atoms with Gasteiger partial charge in [0.05, 0.1) is 6.54 Å². The molecule has 0 radical (unpaired) electrons. The number of carboxylic acids is 1. The molecule has 4 heterocycles. The number of carbonyl (C=O) groups excluding carboxylic acids is 1. The monoisotopic (exact) mass is 520 g/mol. The molecule has 9 nitrogen and oxygen atoms in total. The zero-order valence-electron chi connectivity index (χ0n) is 22.7. The van der Waals surface area contributed by atoms with E-state index in [0.29, 0.717) is 31.6 Å². The van der Waals surface area contributed by atoms with Crippen molar-refractivity contribution in [1.29, 1.82) is 0 Å². The Bertz CT molecular complexity index is 1440. The number of nitrogens with zero attached hydrogens (tertiary/aromatic N) is 4. The Morgan fingerprint density at radius 2 is 1.87 bits per heavy atom. The van der Waals surface area contributed by atoms with Gasteiger partial charge in [-0.25, -0.2) is 14.6 Å². The van der Waals surface area contributed by atoms with E-state index in [1.165, 1.54) is 0 Å². The van der Waals surface area contributed by atoms with Gasteiger partial charge < -0.3 is 23.9 Å². The van der Waals surface area contributed by atoms with Gasteiger partial charge >= 0.3 is 12.1 Å². The van der Waals surface area contributed by atoms with Gasteiger partial charge in [-0.3, -0.25) is 4.79 Å². The van der Waals surface area contributed by atoms with Crippen LogP contribution in [0.25, 0.3) is 22.2 Å². The summed E-state index contributed by atoms with van der Waals surface area (Å²) < 4.78 is 9.16. The number of likely N-dealkylation sites (tertiary alicyclic amines) is 1. The molecule has 1 aliphatic rings. The van der Waals surface area contributed by atoms with Gasteiger partial charge in [-0.1, -0.05) is 6.58 Å². The van der Waals surface area contributed by atoms with Crippen molar-refractivity contribution in [3.8, 4) is 11.1 Å². The van der Waals surface area contributed by atoms with Gasteiger partial charge in [0, 0.05) is 60.2 Å². The highest BCUT2D eigenvalue weighted by molar-refractivity contribution is 5.94. The third-order valence-electron chi connectivity index (χ3n) is 6.85. The SMILES string of the molecule is C=C(Cn1c(C2CCN(C(=O)OC(C)(C)C)CC2)cc2c(-c3ccc(=O)n(C(C)C)c3)ccnc21)C(=O)O. The second-order valence-electron chi connectivity index (χ2n) is 11.2. The molecule has 0 unspecified atom stereocenters. The molecule has 1 N–H and O–H groups in total. The fraction of sp³-hybridized carbons (Fsp3) is 0.448. The van der Waals surface area contributed by atoms with Crippen molar-refractivity contribution < 1.29 is 19.4 Å². The number of aromatic nitrogens is 3. The van der Waals surface area contributed by atoms with Crippen molar-refractivity contribution >= 4 is 23.1 Å². The lowest BCUT2D eigenvalue weighted by atomic mass is 9.93. The quantitative estimate of drug-likeness (QED) is 0.448. The first-order chi connectivity index (χ1) is 17.9. The molecule has 0 spiro atoms. The van der Waals surface area contributed by atoms with E-state index in [2.05, 4.69) is 17.6 Å². The summed E-state index contributed by atoms with van der Waals surface area (Å²) in [6, 6.07) is 7.37. The third kappa shape index (κ3) is 5.66. The lowest BCUT2D eigenvalue weighted by Crippen LogP contribution is -2.41. The zero-order chi connectivity index (χ0) is 27.8. The first kappa shape index (κ1) is 27.2. The van der Waals surface area contributed by atoms with Crippen molar-refractivity contribution in [1.82, 2.24) is 19.0 Å². The number of aliphatic carboxylic acids is 1. The Kier molecular flexibility index (Phi) is 7.49. The summed E-state index contributed by atoms with van der Waals surface area (Å²) in [5.74, 6) is -0.959. The summed E-state index contributed by atoms with van der Waals surface area (Å²) in [5, 5.41) is 10.4. The Balaban J connectivity index is 1.74. The zero-order valence-corrected chi connectivity index (χ0v) is 22.7. The number of rotatable bonds is 6. The van der Waals surface area contributed by atoms with Crippen LogP contribution >= 0.6 is 0 Å². The molecule has 4 rings (SSSR count). The molecule has 1 amide bonds. The van der Waals surface area contributed by atoms with E-state index in [-0.39, 0.29) is 35.7 Å². The molecule has 0 saturated carbocycles. The van der Waals surface area contributed by atoms with Crippen molar-refractivity contribution in [3.63, 3.8) is 0 Å². The number of hydrogen-bond acceptors (Lipinski definition) is 5. The molecule has 3 aromatic rings. The maximum Gasteiger partial charge on any atom is 0.410 e. The average Bonchev–Trinajstić information content (AvgIpc) is 3.21. The minimum absolute atomic E-state index is 0.00832. The molecule has 202 valence electrons. The maximum absolute atomic E-state index is 12.6. The second-order valence-corrected chi connectivity index (χ2v) is 11.2. The third-order valence-corrected chi connectivity index (χ3v) is 6.85. The minimum Gasteiger partial charge on any atom is -0.478 e. The molecule has 1 aliphatic heterocycles. The molecule has 0 atom stereocenters. The number of ether oxygens (including phenoxy) is 1. The van der Waals surface area contributed by atoms with Gasteiger partial charge in [0.15, 0.2) is 0 Å². The summed E-state index contributed by atoms with van der Waals surface area (Å²) >= 11 is 0. The molecule has 0 aromatic carbocycles. The molecule has 3 aromatic heterocycles. The highest BCUT2D eigenvalue weighted by Crippen LogP contribution is 2.36. The van der Waals surface area contributed by atoms with Gasteiger partial charge in [0.25, 0.3) is 5.56 Å². The molecule has 1 saturated heterocycles. The van der Waals surface area contributed by atoms with E-state index >= 15 is 0 Å². The van der Waals surface area contributed by atoms with E-state index in [1.54, 1.807) is 21.7 Å². The Morgan fingerprint density at radius 1 is 1.18 bits per heavy atom. The fourth-order valence-electron chi connectivity index (χ4n) is 4.93. The van der Waals surface area contributed by atoms with Crippen LogP contribution in [0, 0.1) is 0 Å². The van der Waals surface area contributed by atoms with Crippen LogP contribution < -0.4 is 5.56 Å². The lowest BCUT2D eigenvalue weighted by Gasteiger charge is -2.33. The van der Waals surface area contributed by atoms with E-state index in [1.807, 2.05) is 57.5 Å². The standard InChI is InChI=1S/C29H36N4O5/c1-18(2)32-17-21(7-8-25(32)34)22-9-12-30-26-23(22)15-24(33(26)16-19(3)27(35)36)20-10-13-31(14-11-20)28(37)38-29(4,5)6/h7-9,12,15,17-18,20H,3,10-11,13-14,16H2,1-2,4-6H3,(H,35,36). The summed E-state index contributed by atoms with van der Waals surface area (Å²) in [7, 11) is 0. The highest BCUT2D eigenvalue weighted by atomic mass is 16.6. The Morgan fingerprint density at radius 3 is 2.47 bits per heavy atom. The van der Waals surface area contributed by atoms with E-state index in [0.717, 1.165) is 22.2 Å². The normalized spacial score (nSPS) is 14.7. The van der Waals surface area contributed by atoms with Crippen molar-refractivity contribution in [2.75, 3.05) is 13.1 Å². The van der Waals surface area contributed by atoms with E-state index in [9.17, 15) is 19.5 Å². The van der Waals surface area contributed by atoms with Crippen LogP contribution in [-0.4, -0.2) is 54.9 Å². The van der Waals surface area contributed by atoms with Crippen LogP contribution in [-0.2, 0) is 16.1 Å². The van der Waals surface area contributed by atoms with Gasteiger partial charge in [0.2, 0.25) is 0 Å². The number of amides is 1. The average molecular weight is 521 g/mol. The van der Waals surface area contributed by atoms with Gasteiger partial charge in [0.1, 0.15) is 11.2 Å². The maximum atomic E-state index is 12.6. The topological polar surface area (TPSA) is 107 Å². The molecule has 0 bridgehead atoms. The van der Waals surface area contributed by atoms with Crippen LogP contribution in [0.3, 0.4) is 0 Å². The second kappa shape index (κ2) is 10.5. The van der Waals surface area contributed by atoms with Crippen molar-refractivity contribution in [3.05, 3.63) is 64.9 Å². The van der Waals surface area contributed by atoms with Crippen LogP contribution in [0.4, 0.5) is 4.79 Å². The summed E-state index contributed by atoms with van der Waals surface area (Å²) in [4.78, 5) is 43.0. The predicted octanol–water partition coefficient (Wildman–Crippen LogP) is 5.20. The summed E-state index contributed by atoms with van der Waals surface area (Å²) in [5.41, 5.74) is 2.86. The van der Waals surface area contributed by atoms with E-state index < -0.39 is 11.6 Å². The molecular weight excluding hydrogens is 484 g/mol. The number of piperidine rings is 1. The number of carbonyl (C=O) groups is 2. The summed E-state index contributed by atoms with van der Waals surface area (Å²) in [6.45, 7) is 14.4. The van der Waals surface area contributed by atoms with Gasteiger partial charge in [-0.2, -0.15) is 0 Å². The van der Waals surface area contributed by atoms with Crippen LogP contribution in [0.15, 0.2) is 53.6 Å². The Hall–Kier alpha value is -3.88. The fourth-order valence-corrected chi connectivity index (χ4v) is 4.93. The van der Waals surface area contributed by atoms with E-state index in [4.69, 9.17) is 4.74 Å². The molecule has 9 heteroatoms. The number of carboxylic acid groups (broad SMARTS) is 1. The number of pyridine rings is 2. The van der Waals surface area contributed by atoms with Crippen LogP contribution in [0.2, 0.25) is 0 Å². The molecule has 1 fully saturated rings. The molecular formula is C29H36N4O5. The number of fused-ring (bicyclic) bond motifs is 1. The minimum atomic E-state index is -1.06. The first-order valence-corrected chi connectivity index (χ1v) is 13.0. The van der Waals surface area contributed by atoms with Gasteiger partial charge in [-0.15, -0.1) is 0 Å². The lowest BCUT2D eigenvalue weighted by molar-refractivity contribution is -0.132. The largest absolute Gasteiger partial charge is 0.478 e. The molecule has 0 aliphatic carbocycles. The number of hydrogen-bond donors (Lipinski definition) is 1. The van der Waals surface area contributed by atoms with Crippen LogP contribution in [0.5, 0.6) is 0 Å². The Labute approximate surface area is 222 Å². The van der Waals surface area contributed by atoms with Crippen LogP contribution in [0.1, 0.15) is 65.1 Å². The smallest absolute Gasteiger partial charge is 0.410 e. The molecule has 38 heavy (non-hydrogen) atoms. The predicted molar refractivity (Wildman–Crippen MR) is 146 cm³/mol. The van der Waals surface area contributed by atoms with Gasteiger partial charge in [-0.05, 0) is 76.8 Å². The first-order valence-electron chi connectivity index (χ1n) is 13.0.